The van der Waals surface area contributed by atoms with Gasteiger partial charge < -0.3 is 4.90 Å². The molecule has 0 aromatic heterocycles. The van der Waals surface area contributed by atoms with Crippen molar-refractivity contribution in [2.75, 3.05) is 13.1 Å². The van der Waals surface area contributed by atoms with Crippen molar-refractivity contribution < 1.29 is 4.79 Å². The highest BCUT2D eigenvalue weighted by atomic mass is 16.2. The Morgan fingerprint density at radius 1 is 1.44 bits per heavy atom. The molecular weight excluding hydrogens is 200 g/mol. The van der Waals surface area contributed by atoms with Crippen LogP contribution in [0.1, 0.15) is 51.9 Å². The Kier molecular flexibility index (Phi) is 5.92. The van der Waals surface area contributed by atoms with Crippen LogP contribution in [-0.2, 0) is 4.79 Å². The largest absolute Gasteiger partial charge is 0.342 e. The van der Waals surface area contributed by atoms with Crippen LogP contribution in [0.5, 0.6) is 0 Å². The lowest BCUT2D eigenvalue weighted by Crippen LogP contribution is -2.31. The summed E-state index contributed by atoms with van der Waals surface area (Å²) in [4.78, 5) is 13.7. The van der Waals surface area contributed by atoms with Crippen molar-refractivity contribution in [1.82, 2.24) is 4.90 Å². The maximum absolute atomic E-state index is 11.9. The van der Waals surface area contributed by atoms with Gasteiger partial charge in [0.25, 0.3) is 0 Å². The van der Waals surface area contributed by atoms with Crippen molar-refractivity contribution in [3.8, 4) is 6.07 Å². The summed E-state index contributed by atoms with van der Waals surface area (Å²) in [5.41, 5.74) is 0. The van der Waals surface area contributed by atoms with Crippen molar-refractivity contribution in [2.45, 2.75) is 51.9 Å². The zero-order chi connectivity index (χ0) is 11.8. The minimum absolute atomic E-state index is 0.227. The van der Waals surface area contributed by atoms with Crippen LogP contribution >= 0.6 is 0 Å². The molecule has 0 atom stereocenters. The summed E-state index contributed by atoms with van der Waals surface area (Å²) < 4.78 is 0. The van der Waals surface area contributed by atoms with E-state index in [-0.39, 0.29) is 5.91 Å². The van der Waals surface area contributed by atoms with E-state index in [0.29, 0.717) is 19.4 Å². The molecule has 1 aliphatic rings. The lowest BCUT2D eigenvalue weighted by Gasteiger charge is -2.20. The molecule has 0 saturated heterocycles. The summed E-state index contributed by atoms with van der Waals surface area (Å²) in [5.74, 6) is 1.00. The lowest BCUT2D eigenvalue weighted by molar-refractivity contribution is -0.131. The molecule has 90 valence electrons. The zero-order valence-electron chi connectivity index (χ0n) is 10.2. The van der Waals surface area contributed by atoms with Crippen LogP contribution in [0.4, 0.5) is 0 Å². The van der Waals surface area contributed by atoms with Gasteiger partial charge >= 0.3 is 0 Å². The van der Waals surface area contributed by atoms with E-state index in [9.17, 15) is 4.79 Å². The number of carbonyl (C=O) groups is 1. The van der Waals surface area contributed by atoms with Crippen LogP contribution in [0.3, 0.4) is 0 Å². The molecule has 1 rings (SSSR count). The van der Waals surface area contributed by atoms with Crippen molar-refractivity contribution in [3.05, 3.63) is 0 Å². The van der Waals surface area contributed by atoms with Crippen molar-refractivity contribution in [2.24, 2.45) is 5.92 Å². The predicted octanol–water partition coefficient (Wildman–Crippen LogP) is 2.72. The number of hydrogen-bond donors (Lipinski definition) is 0. The summed E-state index contributed by atoms with van der Waals surface area (Å²) in [6, 6.07) is 2.09. The van der Waals surface area contributed by atoms with Crippen LogP contribution in [0.2, 0.25) is 0 Å². The first-order chi connectivity index (χ1) is 7.77. The first-order valence-corrected chi connectivity index (χ1v) is 6.42. The van der Waals surface area contributed by atoms with Crippen LogP contribution in [0, 0.1) is 17.2 Å². The Hall–Kier alpha value is -1.04. The predicted molar refractivity (Wildman–Crippen MR) is 63.7 cm³/mol. The quantitative estimate of drug-likeness (QED) is 0.693. The SMILES string of the molecule is CCN(CCC#N)C(=O)CCC1CCCC1. The molecule has 0 N–H and O–H groups in total. The minimum atomic E-state index is 0.227. The smallest absolute Gasteiger partial charge is 0.222 e. The average Bonchev–Trinajstić information content (AvgIpc) is 2.80. The van der Waals surface area contributed by atoms with E-state index >= 15 is 0 Å². The second kappa shape index (κ2) is 7.27. The molecule has 0 heterocycles. The molecule has 16 heavy (non-hydrogen) atoms. The first kappa shape index (κ1) is 13.0. The van der Waals surface area contributed by atoms with Crippen LogP contribution in [-0.4, -0.2) is 23.9 Å². The van der Waals surface area contributed by atoms with Gasteiger partial charge in [-0.2, -0.15) is 5.26 Å². The third kappa shape index (κ3) is 4.22. The van der Waals surface area contributed by atoms with Gasteiger partial charge in [0.05, 0.1) is 12.5 Å². The van der Waals surface area contributed by atoms with Crippen LogP contribution in [0.15, 0.2) is 0 Å². The van der Waals surface area contributed by atoms with E-state index in [0.717, 1.165) is 18.9 Å². The highest BCUT2D eigenvalue weighted by molar-refractivity contribution is 5.76. The Bertz CT molecular complexity index is 251. The molecule has 1 amide bonds. The van der Waals surface area contributed by atoms with Gasteiger partial charge in [-0.05, 0) is 19.3 Å². The van der Waals surface area contributed by atoms with Gasteiger partial charge in [0, 0.05) is 19.5 Å². The topological polar surface area (TPSA) is 44.1 Å². The fourth-order valence-corrected chi connectivity index (χ4v) is 2.43. The summed E-state index contributed by atoms with van der Waals surface area (Å²) >= 11 is 0. The van der Waals surface area contributed by atoms with E-state index in [1.807, 2.05) is 6.92 Å². The second-order valence-electron chi connectivity index (χ2n) is 4.57. The van der Waals surface area contributed by atoms with Gasteiger partial charge in [0.15, 0.2) is 0 Å². The zero-order valence-corrected chi connectivity index (χ0v) is 10.2. The number of nitrogens with zero attached hydrogens (tertiary/aromatic N) is 2. The third-order valence-electron chi connectivity index (χ3n) is 3.47. The van der Waals surface area contributed by atoms with Gasteiger partial charge in [0.1, 0.15) is 0 Å². The fraction of sp³-hybridized carbons (Fsp3) is 0.846. The number of rotatable bonds is 6. The lowest BCUT2D eigenvalue weighted by atomic mass is 10.0. The fourth-order valence-electron chi connectivity index (χ4n) is 2.43. The van der Waals surface area contributed by atoms with Gasteiger partial charge in [-0.1, -0.05) is 25.7 Å². The highest BCUT2D eigenvalue weighted by Gasteiger charge is 2.18. The number of nitriles is 1. The van der Waals surface area contributed by atoms with Crippen LogP contribution < -0.4 is 0 Å². The summed E-state index contributed by atoms with van der Waals surface area (Å²) in [7, 11) is 0. The molecule has 0 radical (unpaired) electrons. The third-order valence-corrected chi connectivity index (χ3v) is 3.47. The number of carbonyl (C=O) groups excluding carboxylic acids is 1. The molecule has 0 bridgehead atoms. The Morgan fingerprint density at radius 2 is 2.12 bits per heavy atom. The van der Waals surface area contributed by atoms with E-state index in [1.54, 1.807) is 4.90 Å². The summed E-state index contributed by atoms with van der Waals surface area (Å²) in [6.45, 7) is 3.30. The number of hydrogen-bond acceptors (Lipinski definition) is 2. The van der Waals surface area contributed by atoms with E-state index in [1.165, 1.54) is 25.7 Å². The van der Waals surface area contributed by atoms with Crippen molar-refractivity contribution in [3.63, 3.8) is 0 Å². The highest BCUT2D eigenvalue weighted by Crippen LogP contribution is 2.28. The van der Waals surface area contributed by atoms with Gasteiger partial charge in [-0.15, -0.1) is 0 Å². The molecule has 1 saturated carbocycles. The van der Waals surface area contributed by atoms with Gasteiger partial charge in [0.2, 0.25) is 5.91 Å². The van der Waals surface area contributed by atoms with E-state index < -0.39 is 0 Å². The van der Waals surface area contributed by atoms with Crippen molar-refractivity contribution >= 4 is 5.91 Å². The Balaban J connectivity index is 2.23. The molecule has 1 fully saturated rings. The first-order valence-electron chi connectivity index (χ1n) is 6.42. The summed E-state index contributed by atoms with van der Waals surface area (Å²) in [5, 5.41) is 8.51. The molecule has 0 aromatic rings. The van der Waals surface area contributed by atoms with Gasteiger partial charge in [-0.25, -0.2) is 0 Å². The minimum Gasteiger partial charge on any atom is -0.342 e. The maximum atomic E-state index is 11.9. The normalized spacial score (nSPS) is 16.0. The molecule has 0 unspecified atom stereocenters. The molecule has 1 aliphatic carbocycles. The number of amides is 1. The Labute approximate surface area is 98.4 Å². The molecule has 0 aromatic carbocycles. The molecule has 3 nitrogen and oxygen atoms in total. The second-order valence-corrected chi connectivity index (χ2v) is 4.57. The van der Waals surface area contributed by atoms with Gasteiger partial charge in [-0.3, -0.25) is 4.79 Å². The monoisotopic (exact) mass is 222 g/mol. The molecule has 0 aliphatic heterocycles. The molecule has 0 spiro atoms. The average molecular weight is 222 g/mol. The maximum Gasteiger partial charge on any atom is 0.222 e. The van der Waals surface area contributed by atoms with E-state index in [4.69, 9.17) is 5.26 Å². The molecular formula is C13H22N2O. The van der Waals surface area contributed by atoms with E-state index in [2.05, 4.69) is 6.07 Å². The molecule has 3 heteroatoms. The van der Waals surface area contributed by atoms with Crippen LogP contribution in [0.25, 0.3) is 0 Å². The standard InChI is InChI=1S/C13H22N2O/c1-2-15(11-5-10-14)13(16)9-8-12-6-3-4-7-12/h12H,2-9,11H2,1H3. The summed E-state index contributed by atoms with van der Waals surface area (Å²) in [6.07, 6.45) is 7.44. The van der Waals surface area contributed by atoms with Crippen molar-refractivity contribution in [1.29, 1.82) is 5.26 Å². The Morgan fingerprint density at radius 3 is 2.69 bits per heavy atom.